The number of carbonyl (C=O) groups excluding carboxylic acids is 1. The highest BCUT2D eigenvalue weighted by atomic mass is 16.2. The number of benzene rings is 1. The van der Waals surface area contributed by atoms with E-state index in [-0.39, 0.29) is 12.1 Å². The summed E-state index contributed by atoms with van der Waals surface area (Å²) < 4.78 is 1.79. The van der Waals surface area contributed by atoms with Crippen molar-refractivity contribution in [1.29, 1.82) is 5.26 Å². The summed E-state index contributed by atoms with van der Waals surface area (Å²) in [7, 11) is 1.88. The third-order valence-electron chi connectivity index (χ3n) is 5.37. The zero-order valence-corrected chi connectivity index (χ0v) is 15.4. The van der Waals surface area contributed by atoms with Crippen LogP contribution in [0.5, 0.6) is 0 Å². The molecule has 1 aliphatic rings. The number of nitriles is 1. The first-order valence-corrected chi connectivity index (χ1v) is 9.10. The summed E-state index contributed by atoms with van der Waals surface area (Å²) >= 11 is 0. The zero-order valence-electron chi connectivity index (χ0n) is 15.4. The minimum Gasteiger partial charge on any atom is -0.330 e. The second kappa shape index (κ2) is 7.61. The smallest absolute Gasteiger partial charge is 0.317 e. The first-order valence-electron chi connectivity index (χ1n) is 9.10. The molecule has 0 unspecified atom stereocenters. The highest BCUT2D eigenvalue weighted by Crippen LogP contribution is 2.35. The molecule has 0 spiro atoms. The lowest BCUT2D eigenvalue weighted by molar-refractivity contribution is 0.167. The number of amides is 2. The number of aromatic nitrogens is 2. The number of hydrogen-bond acceptors (Lipinski definition) is 3. The first kappa shape index (κ1) is 18.0. The predicted molar refractivity (Wildman–Crippen MR) is 99.3 cm³/mol. The maximum Gasteiger partial charge on any atom is 0.317 e. The van der Waals surface area contributed by atoms with Gasteiger partial charge >= 0.3 is 6.03 Å². The predicted octanol–water partition coefficient (Wildman–Crippen LogP) is 3.14. The van der Waals surface area contributed by atoms with Crippen LogP contribution in [0.2, 0.25) is 0 Å². The number of aryl methyl sites for hydroxylation is 1. The van der Waals surface area contributed by atoms with E-state index in [0.717, 1.165) is 17.7 Å². The summed E-state index contributed by atoms with van der Waals surface area (Å²) in [4.78, 5) is 14.5. The first-order chi connectivity index (χ1) is 12.6. The molecule has 0 aliphatic carbocycles. The summed E-state index contributed by atoms with van der Waals surface area (Å²) in [5.74, 6) is 0. The minimum absolute atomic E-state index is 0.0632. The van der Waals surface area contributed by atoms with Crippen molar-refractivity contribution >= 4 is 6.03 Å². The molecule has 6 heteroatoms. The molecule has 1 saturated heterocycles. The van der Waals surface area contributed by atoms with Crippen molar-refractivity contribution in [2.24, 2.45) is 7.05 Å². The van der Waals surface area contributed by atoms with Crippen LogP contribution in [0.1, 0.15) is 43.5 Å². The van der Waals surface area contributed by atoms with Crippen molar-refractivity contribution in [3.8, 4) is 6.07 Å². The summed E-state index contributed by atoms with van der Waals surface area (Å²) in [6, 6.07) is 14.2. The largest absolute Gasteiger partial charge is 0.330 e. The van der Waals surface area contributed by atoms with Crippen LogP contribution >= 0.6 is 0 Å². The van der Waals surface area contributed by atoms with Crippen molar-refractivity contribution < 1.29 is 4.79 Å². The molecule has 2 amide bonds. The van der Waals surface area contributed by atoms with Gasteiger partial charge in [0.1, 0.15) is 0 Å². The van der Waals surface area contributed by atoms with Crippen LogP contribution in [-0.2, 0) is 12.5 Å². The van der Waals surface area contributed by atoms with E-state index in [1.807, 2.05) is 55.3 Å². The van der Waals surface area contributed by atoms with Gasteiger partial charge < -0.3 is 10.2 Å². The maximum absolute atomic E-state index is 12.7. The van der Waals surface area contributed by atoms with Gasteiger partial charge in [0.25, 0.3) is 0 Å². The Hall–Kier alpha value is -2.81. The van der Waals surface area contributed by atoms with Crippen LogP contribution in [0.4, 0.5) is 4.79 Å². The number of nitrogens with zero attached hydrogens (tertiary/aromatic N) is 4. The van der Waals surface area contributed by atoms with Gasteiger partial charge in [0.15, 0.2) is 0 Å². The molecule has 6 nitrogen and oxygen atoms in total. The molecule has 1 N–H and O–H groups in total. The van der Waals surface area contributed by atoms with Gasteiger partial charge in [-0.25, -0.2) is 4.79 Å². The van der Waals surface area contributed by atoms with Crippen molar-refractivity contribution in [3.63, 3.8) is 0 Å². The van der Waals surface area contributed by atoms with Crippen molar-refractivity contribution in [1.82, 2.24) is 20.0 Å². The fourth-order valence-electron chi connectivity index (χ4n) is 3.67. The fourth-order valence-corrected chi connectivity index (χ4v) is 3.67. The molecule has 26 heavy (non-hydrogen) atoms. The highest BCUT2D eigenvalue weighted by molar-refractivity contribution is 5.75. The summed E-state index contributed by atoms with van der Waals surface area (Å²) in [5.41, 5.74) is 1.54. The third-order valence-corrected chi connectivity index (χ3v) is 5.37. The number of nitrogens with one attached hydrogen (secondary N) is 1. The number of rotatable bonds is 4. The third kappa shape index (κ3) is 3.43. The molecule has 2 heterocycles. The average Bonchev–Trinajstić information content (AvgIpc) is 3.12. The second-order valence-corrected chi connectivity index (χ2v) is 6.84. The van der Waals surface area contributed by atoms with Gasteiger partial charge in [0, 0.05) is 26.3 Å². The number of piperidine rings is 1. The van der Waals surface area contributed by atoms with Crippen LogP contribution < -0.4 is 5.32 Å². The van der Waals surface area contributed by atoms with Gasteiger partial charge in [0.2, 0.25) is 0 Å². The van der Waals surface area contributed by atoms with Gasteiger partial charge in [-0.2, -0.15) is 10.4 Å². The van der Waals surface area contributed by atoms with Crippen LogP contribution in [-0.4, -0.2) is 33.8 Å². The number of urea groups is 1. The molecule has 0 radical (unpaired) electrons. The van der Waals surface area contributed by atoms with Crippen LogP contribution in [0, 0.1) is 11.3 Å². The van der Waals surface area contributed by atoms with E-state index in [0.29, 0.717) is 25.9 Å². The summed E-state index contributed by atoms with van der Waals surface area (Å²) in [5, 5.41) is 17.1. The molecular weight excluding hydrogens is 326 g/mol. The van der Waals surface area contributed by atoms with Gasteiger partial charge in [-0.15, -0.1) is 0 Å². The molecule has 2 aromatic rings. The molecule has 1 aliphatic heterocycles. The lowest BCUT2D eigenvalue weighted by Gasteiger charge is -2.38. The van der Waals surface area contributed by atoms with E-state index in [2.05, 4.69) is 16.5 Å². The Morgan fingerprint density at radius 2 is 2.00 bits per heavy atom. The molecule has 1 fully saturated rings. The lowest BCUT2D eigenvalue weighted by atomic mass is 9.74. The van der Waals surface area contributed by atoms with Crippen LogP contribution in [0.3, 0.4) is 0 Å². The van der Waals surface area contributed by atoms with Crippen LogP contribution in [0.15, 0.2) is 42.6 Å². The monoisotopic (exact) mass is 351 g/mol. The number of carbonyl (C=O) groups is 1. The minimum atomic E-state index is -0.496. The van der Waals surface area contributed by atoms with E-state index in [9.17, 15) is 10.1 Å². The van der Waals surface area contributed by atoms with E-state index in [4.69, 9.17) is 0 Å². The van der Waals surface area contributed by atoms with E-state index >= 15 is 0 Å². The normalized spacial score (nSPS) is 17.3. The SMILES string of the molecule is CC[C@H](NC(=O)N1CCC(C#N)(c2ccccc2)CC1)c1ccnn1C. The average molecular weight is 351 g/mol. The van der Waals surface area contributed by atoms with Gasteiger partial charge in [-0.3, -0.25) is 4.68 Å². The molecule has 0 bridgehead atoms. The molecule has 0 saturated carbocycles. The highest BCUT2D eigenvalue weighted by Gasteiger charge is 2.37. The standard InChI is InChI=1S/C20H25N5O/c1-3-17(18-9-12-22-24(18)2)23-19(26)25-13-10-20(15-21,11-14-25)16-7-5-4-6-8-16/h4-9,12,17H,3,10-11,13-14H2,1-2H3,(H,23,26)/t17-/m0/s1. The Morgan fingerprint density at radius 1 is 1.31 bits per heavy atom. The Kier molecular flexibility index (Phi) is 5.27. The maximum atomic E-state index is 12.7. The fraction of sp³-hybridized carbons (Fsp3) is 0.450. The van der Waals surface area contributed by atoms with E-state index < -0.39 is 5.41 Å². The van der Waals surface area contributed by atoms with Crippen molar-refractivity contribution in [3.05, 3.63) is 53.9 Å². The molecule has 1 aromatic heterocycles. The molecule has 1 atom stereocenters. The van der Waals surface area contributed by atoms with E-state index in [1.165, 1.54) is 0 Å². The number of hydrogen-bond donors (Lipinski definition) is 1. The summed E-state index contributed by atoms with van der Waals surface area (Å²) in [6.45, 7) is 3.20. The van der Waals surface area contributed by atoms with E-state index in [1.54, 1.807) is 10.9 Å². The van der Waals surface area contributed by atoms with Crippen molar-refractivity contribution in [2.45, 2.75) is 37.6 Å². The molecule has 1 aromatic carbocycles. The van der Waals surface area contributed by atoms with Crippen molar-refractivity contribution in [2.75, 3.05) is 13.1 Å². The zero-order chi connectivity index (χ0) is 18.6. The quantitative estimate of drug-likeness (QED) is 0.919. The Morgan fingerprint density at radius 3 is 2.54 bits per heavy atom. The van der Waals surface area contributed by atoms with Gasteiger partial charge in [0.05, 0.1) is 23.2 Å². The Labute approximate surface area is 154 Å². The molecular formula is C20H25N5O. The topological polar surface area (TPSA) is 74.0 Å². The van der Waals surface area contributed by atoms with Gasteiger partial charge in [-0.05, 0) is 30.9 Å². The Bertz CT molecular complexity index is 784. The molecule has 136 valence electrons. The second-order valence-electron chi connectivity index (χ2n) is 6.84. The molecule has 3 rings (SSSR count). The van der Waals surface area contributed by atoms with Crippen LogP contribution in [0.25, 0.3) is 0 Å². The number of likely N-dealkylation sites (tertiary alicyclic amines) is 1. The lowest BCUT2D eigenvalue weighted by Crippen LogP contribution is -2.49. The summed E-state index contributed by atoms with van der Waals surface area (Å²) in [6.07, 6.45) is 3.85. The Balaban J connectivity index is 1.65. The van der Waals surface area contributed by atoms with Gasteiger partial charge in [-0.1, -0.05) is 37.3 Å².